The van der Waals surface area contributed by atoms with Gasteiger partial charge in [0.2, 0.25) is 0 Å². The molecule has 0 aromatic heterocycles. The summed E-state index contributed by atoms with van der Waals surface area (Å²) >= 11 is 0. The molecule has 3 heteroatoms. The highest BCUT2D eigenvalue weighted by Crippen LogP contribution is 2.39. The molecule has 1 aromatic rings. The van der Waals surface area contributed by atoms with E-state index < -0.39 is 0 Å². The maximum atomic E-state index is 5.25. The summed E-state index contributed by atoms with van der Waals surface area (Å²) in [6.45, 7) is 1.03. The molecule has 1 aliphatic carbocycles. The molecule has 1 spiro atoms. The van der Waals surface area contributed by atoms with Crippen LogP contribution in [0.3, 0.4) is 0 Å². The molecular weight excluding hydrogens is 212 g/mol. The van der Waals surface area contributed by atoms with Crippen molar-refractivity contribution in [2.24, 2.45) is 0 Å². The first-order valence-corrected chi connectivity index (χ1v) is 6.51. The largest absolute Gasteiger partial charge is 0.497 e. The highest BCUT2D eigenvalue weighted by molar-refractivity contribution is 5.74. The average Bonchev–Trinajstić information content (AvgIpc) is 2.39. The fraction of sp³-hybridized carbons (Fsp3) is 0.571. The van der Waals surface area contributed by atoms with Crippen LogP contribution in [0.4, 0.5) is 11.4 Å². The maximum absolute atomic E-state index is 5.25. The predicted molar refractivity (Wildman–Crippen MR) is 70.9 cm³/mol. The Balaban J connectivity index is 1.85. The third kappa shape index (κ3) is 1.94. The van der Waals surface area contributed by atoms with Gasteiger partial charge in [0, 0.05) is 12.6 Å². The van der Waals surface area contributed by atoms with Gasteiger partial charge < -0.3 is 15.4 Å². The summed E-state index contributed by atoms with van der Waals surface area (Å²) in [6, 6.07) is 6.21. The van der Waals surface area contributed by atoms with Gasteiger partial charge in [-0.25, -0.2) is 0 Å². The predicted octanol–water partition coefficient (Wildman–Crippen LogP) is 3.24. The van der Waals surface area contributed by atoms with Crippen molar-refractivity contribution in [1.82, 2.24) is 0 Å². The lowest BCUT2D eigenvalue weighted by Gasteiger charge is -2.43. The molecule has 0 saturated heterocycles. The van der Waals surface area contributed by atoms with Crippen LogP contribution < -0.4 is 15.4 Å². The number of hydrogen-bond acceptors (Lipinski definition) is 3. The van der Waals surface area contributed by atoms with E-state index in [2.05, 4.69) is 22.8 Å². The summed E-state index contributed by atoms with van der Waals surface area (Å²) in [5.41, 5.74) is 2.68. The SMILES string of the molecule is COc1ccc2c(c1)NCC1(CCCCC1)N2. The van der Waals surface area contributed by atoms with Crippen LogP contribution in [0.5, 0.6) is 5.75 Å². The number of ether oxygens (including phenoxy) is 1. The zero-order chi connectivity index (χ0) is 11.7. The summed E-state index contributed by atoms with van der Waals surface area (Å²) in [6.07, 6.45) is 6.65. The van der Waals surface area contributed by atoms with Crippen LogP contribution in [0.1, 0.15) is 32.1 Å². The maximum Gasteiger partial charge on any atom is 0.121 e. The number of benzene rings is 1. The number of fused-ring (bicyclic) bond motifs is 1. The van der Waals surface area contributed by atoms with Gasteiger partial charge in [0.05, 0.1) is 24.0 Å². The third-order valence-electron chi connectivity index (χ3n) is 4.05. The van der Waals surface area contributed by atoms with Gasteiger partial charge in [-0.05, 0) is 25.0 Å². The Morgan fingerprint density at radius 3 is 2.71 bits per heavy atom. The zero-order valence-corrected chi connectivity index (χ0v) is 10.4. The lowest BCUT2D eigenvalue weighted by atomic mass is 9.80. The van der Waals surface area contributed by atoms with Crippen molar-refractivity contribution in [3.05, 3.63) is 18.2 Å². The molecule has 2 aliphatic rings. The van der Waals surface area contributed by atoms with E-state index in [0.717, 1.165) is 12.3 Å². The van der Waals surface area contributed by atoms with E-state index in [0.29, 0.717) is 5.54 Å². The van der Waals surface area contributed by atoms with E-state index in [1.807, 2.05) is 6.07 Å². The average molecular weight is 232 g/mol. The Bertz CT molecular complexity index is 411. The second-order valence-corrected chi connectivity index (χ2v) is 5.23. The van der Waals surface area contributed by atoms with Gasteiger partial charge in [-0.3, -0.25) is 0 Å². The standard InChI is InChI=1S/C14H20N2O/c1-17-11-5-6-12-13(9-11)15-10-14(16-12)7-3-2-4-8-14/h5-6,9,15-16H,2-4,7-8,10H2,1H3. The van der Waals surface area contributed by atoms with E-state index in [4.69, 9.17) is 4.74 Å². The molecule has 2 N–H and O–H groups in total. The number of hydrogen-bond donors (Lipinski definition) is 2. The van der Waals surface area contributed by atoms with Crippen LogP contribution in [0.25, 0.3) is 0 Å². The van der Waals surface area contributed by atoms with Gasteiger partial charge in [0.1, 0.15) is 5.75 Å². The van der Waals surface area contributed by atoms with Gasteiger partial charge in [0.15, 0.2) is 0 Å². The van der Waals surface area contributed by atoms with Crippen LogP contribution in [0.2, 0.25) is 0 Å². The van der Waals surface area contributed by atoms with E-state index in [1.54, 1.807) is 7.11 Å². The first-order valence-electron chi connectivity index (χ1n) is 6.51. The Morgan fingerprint density at radius 1 is 1.12 bits per heavy atom. The van der Waals surface area contributed by atoms with E-state index >= 15 is 0 Å². The van der Waals surface area contributed by atoms with Gasteiger partial charge in [0.25, 0.3) is 0 Å². The zero-order valence-electron chi connectivity index (χ0n) is 10.4. The van der Waals surface area contributed by atoms with E-state index in [9.17, 15) is 0 Å². The van der Waals surface area contributed by atoms with Gasteiger partial charge in [-0.15, -0.1) is 0 Å². The molecule has 92 valence electrons. The third-order valence-corrected chi connectivity index (χ3v) is 4.05. The smallest absolute Gasteiger partial charge is 0.121 e. The topological polar surface area (TPSA) is 33.3 Å². The lowest BCUT2D eigenvalue weighted by molar-refractivity contribution is 0.334. The van der Waals surface area contributed by atoms with Gasteiger partial charge in [-0.2, -0.15) is 0 Å². The highest BCUT2D eigenvalue weighted by Gasteiger charge is 2.34. The molecule has 17 heavy (non-hydrogen) atoms. The first kappa shape index (κ1) is 10.8. The molecule has 0 atom stereocenters. The highest BCUT2D eigenvalue weighted by atomic mass is 16.5. The van der Waals surface area contributed by atoms with Crippen molar-refractivity contribution in [2.75, 3.05) is 24.3 Å². The molecule has 0 amide bonds. The summed E-state index contributed by atoms with van der Waals surface area (Å²) in [4.78, 5) is 0. The minimum atomic E-state index is 0.292. The summed E-state index contributed by atoms with van der Waals surface area (Å²) in [7, 11) is 1.71. The van der Waals surface area contributed by atoms with Crippen LogP contribution in [0.15, 0.2) is 18.2 Å². The fourth-order valence-corrected chi connectivity index (χ4v) is 3.03. The molecule has 0 bridgehead atoms. The van der Waals surface area contributed by atoms with Crippen molar-refractivity contribution < 1.29 is 4.74 Å². The van der Waals surface area contributed by atoms with Crippen LogP contribution in [-0.2, 0) is 0 Å². The minimum Gasteiger partial charge on any atom is -0.497 e. The second-order valence-electron chi connectivity index (χ2n) is 5.23. The molecule has 1 aromatic carbocycles. The molecule has 1 aliphatic heterocycles. The molecule has 3 nitrogen and oxygen atoms in total. The van der Waals surface area contributed by atoms with Crippen LogP contribution in [-0.4, -0.2) is 19.2 Å². The second kappa shape index (κ2) is 4.13. The number of anilines is 2. The quantitative estimate of drug-likeness (QED) is 0.780. The van der Waals surface area contributed by atoms with Crippen molar-refractivity contribution in [2.45, 2.75) is 37.6 Å². The number of rotatable bonds is 1. The van der Waals surface area contributed by atoms with Gasteiger partial charge in [-0.1, -0.05) is 19.3 Å². The number of methoxy groups -OCH3 is 1. The van der Waals surface area contributed by atoms with E-state index in [1.165, 1.54) is 43.5 Å². The van der Waals surface area contributed by atoms with E-state index in [-0.39, 0.29) is 0 Å². The Kier molecular flexibility index (Phi) is 2.61. The fourth-order valence-electron chi connectivity index (χ4n) is 3.03. The lowest BCUT2D eigenvalue weighted by Crippen LogP contribution is -2.49. The van der Waals surface area contributed by atoms with Crippen LogP contribution in [0, 0.1) is 0 Å². The summed E-state index contributed by atoms with van der Waals surface area (Å²) < 4.78 is 5.25. The molecule has 1 fully saturated rings. The Labute approximate surface area is 103 Å². The molecule has 0 radical (unpaired) electrons. The van der Waals surface area contributed by atoms with Crippen molar-refractivity contribution in [3.8, 4) is 5.75 Å². The Morgan fingerprint density at radius 2 is 1.94 bits per heavy atom. The summed E-state index contributed by atoms with van der Waals surface area (Å²) in [5, 5.41) is 7.30. The molecular formula is C14H20N2O. The van der Waals surface area contributed by atoms with Crippen molar-refractivity contribution in [1.29, 1.82) is 0 Å². The molecule has 3 rings (SSSR count). The summed E-state index contributed by atoms with van der Waals surface area (Å²) in [5.74, 6) is 0.914. The first-order chi connectivity index (χ1) is 8.31. The van der Waals surface area contributed by atoms with Crippen molar-refractivity contribution >= 4 is 11.4 Å². The minimum absolute atomic E-state index is 0.292. The Hall–Kier alpha value is -1.38. The van der Waals surface area contributed by atoms with Crippen LogP contribution >= 0.6 is 0 Å². The monoisotopic (exact) mass is 232 g/mol. The normalized spacial score (nSPS) is 21.2. The number of nitrogens with one attached hydrogen (secondary N) is 2. The molecule has 0 unspecified atom stereocenters. The molecule has 1 heterocycles. The van der Waals surface area contributed by atoms with Crippen molar-refractivity contribution in [3.63, 3.8) is 0 Å². The van der Waals surface area contributed by atoms with Gasteiger partial charge >= 0.3 is 0 Å². The molecule has 1 saturated carbocycles.